The first-order valence-electron chi connectivity index (χ1n) is 25.1. The molecule has 4 aliphatic rings. The molecular formula is C60H81BN2OS. The molecule has 2 heterocycles. The molecule has 0 saturated carbocycles. The highest BCUT2D eigenvalue weighted by molar-refractivity contribution is 7.30. The number of para-hydroxylation sites is 1. The van der Waals surface area contributed by atoms with Gasteiger partial charge in [-0.2, -0.15) is 0 Å². The highest BCUT2D eigenvalue weighted by atomic mass is 32.1. The highest BCUT2D eigenvalue weighted by Crippen LogP contribution is 2.50. The van der Waals surface area contributed by atoms with E-state index < -0.39 is 0 Å². The largest absolute Gasteiger partial charge is 0.460 e. The van der Waals surface area contributed by atoms with Gasteiger partial charge in [0.05, 0.1) is 12.0 Å². The summed E-state index contributed by atoms with van der Waals surface area (Å²) in [5.41, 5.74) is 11.1. The summed E-state index contributed by atoms with van der Waals surface area (Å²) in [6.07, 6.45) is 31.8. The van der Waals surface area contributed by atoms with Gasteiger partial charge in [-0.05, 0) is 125 Å². The lowest BCUT2D eigenvalue weighted by molar-refractivity contribution is 0.332. The van der Waals surface area contributed by atoms with Crippen LogP contribution in [-0.4, -0.2) is 25.3 Å². The Morgan fingerprint density at radius 2 is 1.75 bits per heavy atom. The number of rotatable bonds is 17. The average Bonchev–Trinajstić information content (AvgIpc) is 3.85. The third-order valence-electron chi connectivity index (χ3n) is 14.9. The molecule has 0 spiro atoms. The number of hydrogen-bond donors (Lipinski definition) is 2. The summed E-state index contributed by atoms with van der Waals surface area (Å²) < 4.78 is 9.63. The molecule has 65 heavy (non-hydrogen) atoms. The van der Waals surface area contributed by atoms with Crippen molar-refractivity contribution in [2.75, 3.05) is 6.54 Å². The number of unbranched alkanes of at least 4 members (excludes halogenated alkanes) is 1. The van der Waals surface area contributed by atoms with Gasteiger partial charge >= 0.3 is 0 Å². The number of ether oxygens (including phenoxy) is 1. The Labute approximate surface area is 399 Å². The molecular weight excluding hydrogens is 808 g/mol. The summed E-state index contributed by atoms with van der Waals surface area (Å²) in [5.74, 6) is 3.84. The second kappa shape index (κ2) is 20.0. The van der Waals surface area contributed by atoms with Crippen molar-refractivity contribution in [3.63, 3.8) is 0 Å². The van der Waals surface area contributed by atoms with Gasteiger partial charge < -0.3 is 15.4 Å². The molecule has 2 N–H and O–H groups in total. The Balaban J connectivity index is 1.41. The molecule has 1 aromatic heterocycles. The SMILES string of the molecule is C=CC(C/C=C/C(C)C)NC/C(B(C1=CCC(C(C)CCCC)C=C1)c1cc2cc3c(cc2s1)C(C)(C)CCC3(C)C)=C(\C=C(C)C)NC1C=CC=C2Oc3c(cccc3C(C)(C)C)C21. The average molecular weight is 889 g/mol. The van der Waals surface area contributed by atoms with Crippen molar-refractivity contribution in [3.05, 3.63) is 154 Å². The van der Waals surface area contributed by atoms with Gasteiger partial charge in [0.2, 0.25) is 0 Å². The van der Waals surface area contributed by atoms with Crippen molar-refractivity contribution in [2.45, 2.75) is 169 Å². The molecule has 3 aromatic rings. The van der Waals surface area contributed by atoms with E-state index >= 15 is 0 Å². The van der Waals surface area contributed by atoms with Crippen LogP contribution in [0.25, 0.3) is 10.1 Å². The topological polar surface area (TPSA) is 33.3 Å². The van der Waals surface area contributed by atoms with E-state index in [4.69, 9.17) is 4.74 Å². The third kappa shape index (κ3) is 10.9. The van der Waals surface area contributed by atoms with Crippen LogP contribution in [0.1, 0.15) is 163 Å². The van der Waals surface area contributed by atoms with Crippen LogP contribution in [0.15, 0.2) is 132 Å². The van der Waals surface area contributed by atoms with Crippen molar-refractivity contribution in [1.82, 2.24) is 10.6 Å². The third-order valence-corrected chi connectivity index (χ3v) is 16.0. The van der Waals surface area contributed by atoms with E-state index in [1.807, 2.05) is 11.3 Å². The van der Waals surface area contributed by atoms with E-state index in [1.54, 1.807) is 0 Å². The molecule has 1 aliphatic heterocycles. The van der Waals surface area contributed by atoms with Gasteiger partial charge in [0.15, 0.2) is 0 Å². The Kier molecular flexibility index (Phi) is 15.1. The zero-order valence-electron chi connectivity index (χ0n) is 42.5. The minimum atomic E-state index is -0.0376. The molecule has 0 amide bonds. The molecule has 0 bridgehead atoms. The first-order valence-corrected chi connectivity index (χ1v) is 26.0. The maximum atomic E-state index is 6.83. The van der Waals surface area contributed by atoms with Gasteiger partial charge in [-0.15, -0.1) is 17.9 Å². The maximum absolute atomic E-state index is 6.83. The highest BCUT2D eigenvalue weighted by Gasteiger charge is 2.41. The van der Waals surface area contributed by atoms with Crippen LogP contribution >= 0.6 is 11.3 Å². The second-order valence-corrected chi connectivity index (χ2v) is 24.0. The monoisotopic (exact) mass is 889 g/mol. The summed E-state index contributed by atoms with van der Waals surface area (Å²) in [7, 11) is 0. The first-order chi connectivity index (χ1) is 30.8. The lowest BCUT2D eigenvalue weighted by atomic mass is 9.37. The fourth-order valence-corrected chi connectivity index (χ4v) is 12.0. The van der Waals surface area contributed by atoms with Gasteiger partial charge in [0, 0.05) is 34.1 Å². The smallest absolute Gasteiger partial charge is 0.253 e. The van der Waals surface area contributed by atoms with Crippen LogP contribution in [0.5, 0.6) is 5.75 Å². The molecule has 346 valence electrons. The molecule has 0 radical (unpaired) electrons. The molecule has 7 rings (SSSR count). The van der Waals surface area contributed by atoms with E-state index in [9.17, 15) is 0 Å². The van der Waals surface area contributed by atoms with Crippen LogP contribution in [0.3, 0.4) is 0 Å². The molecule has 0 fully saturated rings. The predicted octanol–water partition coefficient (Wildman–Crippen LogP) is 15.2. The van der Waals surface area contributed by atoms with E-state index in [2.05, 4.69) is 204 Å². The number of nitrogens with one attached hydrogen (secondary N) is 2. The van der Waals surface area contributed by atoms with Crippen molar-refractivity contribution < 1.29 is 4.74 Å². The summed E-state index contributed by atoms with van der Waals surface area (Å²) in [4.78, 5) is 0. The molecule has 5 atom stereocenters. The van der Waals surface area contributed by atoms with Crippen molar-refractivity contribution in [2.24, 2.45) is 17.8 Å². The van der Waals surface area contributed by atoms with E-state index in [1.165, 1.54) is 91.4 Å². The number of thiophene rings is 1. The lowest BCUT2D eigenvalue weighted by Gasteiger charge is -2.41. The minimum absolute atomic E-state index is 0.00448. The Hall–Kier alpha value is -4.06. The summed E-state index contributed by atoms with van der Waals surface area (Å²) in [5, 5.41) is 9.70. The quantitative estimate of drug-likeness (QED) is 0.0805. The van der Waals surface area contributed by atoms with Crippen molar-refractivity contribution in [3.8, 4) is 5.75 Å². The van der Waals surface area contributed by atoms with Gasteiger partial charge in [-0.1, -0.05) is 179 Å². The Morgan fingerprint density at radius 3 is 2.40 bits per heavy atom. The number of hydrogen-bond acceptors (Lipinski definition) is 4. The second-order valence-electron chi connectivity index (χ2n) is 22.8. The first kappa shape index (κ1) is 48.9. The number of benzene rings is 2. The summed E-state index contributed by atoms with van der Waals surface area (Å²) >= 11 is 2.01. The molecule has 2 aromatic carbocycles. The van der Waals surface area contributed by atoms with Gasteiger partial charge in [-0.3, -0.25) is 0 Å². The molecule has 3 nitrogen and oxygen atoms in total. The van der Waals surface area contributed by atoms with Crippen LogP contribution in [0, 0.1) is 17.8 Å². The molecule has 0 saturated heterocycles. The van der Waals surface area contributed by atoms with Gasteiger partial charge in [-0.25, -0.2) is 0 Å². The predicted molar refractivity (Wildman–Crippen MR) is 286 cm³/mol. The van der Waals surface area contributed by atoms with Crippen molar-refractivity contribution >= 4 is 32.9 Å². The van der Waals surface area contributed by atoms with E-state index in [0.717, 1.165) is 24.4 Å². The van der Waals surface area contributed by atoms with Crippen LogP contribution < -0.4 is 20.1 Å². The Morgan fingerprint density at radius 1 is 1.02 bits per heavy atom. The van der Waals surface area contributed by atoms with Gasteiger partial charge in [0.1, 0.15) is 11.5 Å². The standard InChI is InChI=1S/C60H81BN2OS/c1-15-17-22-41(7)42-28-30-44(31-29-42)61(55-36-43-35-48-49(37-54(43)65-55)60(13,14)33-32-59(48,11)12)50(38-62-45(16-2)23-18-21-39(3)4)52(34-40(5)6)63-51-26-20-27-53-56(51)46-24-19-25-47(57(46)64-53)58(8,9)10/h16,18-21,24-28,30-31,34-37,39,41-42,45,51,56,62-63H,2,15,17,22-23,29,32-33,38H2,1,3-14H3/b21-18+,52-50-. The lowest BCUT2D eigenvalue weighted by Crippen LogP contribution is -2.43. The van der Waals surface area contributed by atoms with E-state index in [-0.39, 0.29) is 41.0 Å². The van der Waals surface area contributed by atoms with Crippen LogP contribution in [0.4, 0.5) is 0 Å². The minimum Gasteiger partial charge on any atom is -0.460 e. The fraction of sp³-hybridized carbons (Fsp3) is 0.500. The normalized spacial score (nSPS) is 22.0. The molecule has 5 unspecified atom stereocenters. The zero-order chi connectivity index (χ0) is 46.8. The van der Waals surface area contributed by atoms with Crippen LogP contribution in [-0.2, 0) is 16.2 Å². The Bertz CT molecular complexity index is 2380. The summed E-state index contributed by atoms with van der Waals surface area (Å²) in [6.45, 7) is 35.5. The van der Waals surface area contributed by atoms with E-state index in [0.29, 0.717) is 24.3 Å². The van der Waals surface area contributed by atoms with Crippen LogP contribution in [0.2, 0.25) is 0 Å². The van der Waals surface area contributed by atoms with Crippen molar-refractivity contribution in [1.29, 1.82) is 0 Å². The zero-order valence-corrected chi connectivity index (χ0v) is 43.3. The number of allylic oxidation sites excluding steroid dienone is 9. The maximum Gasteiger partial charge on any atom is 0.253 e. The van der Waals surface area contributed by atoms with Gasteiger partial charge in [0.25, 0.3) is 6.71 Å². The fourth-order valence-electron chi connectivity index (χ4n) is 10.7. The molecule has 3 aliphatic carbocycles. The summed E-state index contributed by atoms with van der Waals surface area (Å²) in [6, 6.07) is 14.6. The number of fused-ring (bicyclic) bond motifs is 5. The molecule has 5 heteroatoms.